The maximum Gasteiger partial charge on any atom is 0.416 e. The Morgan fingerprint density at radius 1 is 1.00 bits per heavy atom. The highest BCUT2D eigenvalue weighted by molar-refractivity contribution is 7.99. The second-order valence-electron chi connectivity index (χ2n) is 7.68. The van der Waals surface area contributed by atoms with Crippen LogP contribution in [0.1, 0.15) is 5.56 Å². The highest BCUT2D eigenvalue weighted by Crippen LogP contribution is 2.31. The number of benzene rings is 3. The molecule has 0 atom stereocenters. The molecule has 5 aromatic rings. The van der Waals surface area contributed by atoms with Gasteiger partial charge in [-0.3, -0.25) is 14.2 Å². The van der Waals surface area contributed by atoms with Crippen molar-refractivity contribution in [2.45, 2.75) is 11.3 Å². The van der Waals surface area contributed by atoms with E-state index in [9.17, 15) is 22.8 Å². The highest BCUT2D eigenvalue weighted by Gasteiger charge is 2.30. The molecule has 0 spiro atoms. The average Bonchev–Trinajstić information content (AvgIpc) is 3.22. The van der Waals surface area contributed by atoms with Crippen molar-refractivity contribution in [3.63, 3.8) is 0 Å². The molecule has 0 aliphatic rings. The number of hydrogen-bond donors (Lipinski definition) is 2. The number of alkyl halides is 3. The quantitative estimate of drug-likeness (QED) is 0.246. The first-order valence-electron chi connectivity index (χ1n) is 10.5. The molecule has 2 heterocycles. The molecule has 0 aliphatic carbocycles. The number of para-hydroxylation sites is 2. The molecule has 0 saturated heterocycles. The number of thioether (sulfide) groups is 1. The zero-order valence-corrected chi connectivity index (χ0v) is 18.8. The van der Waals surface area contributed by atoms with Gasteiger partial charge in [0.15, 0.2) is 5.16 Å². The van der Waals surface area contributed by atoms with Crippen LogP contribution >= 0.6 is 11.8 Å². The number of halogens is 3. The SMILES string of the molecule is O=C(CSc1nc2c([nH]c3ccccc32)c(=O)n1-c1ccccc1)Nc1cccc(C(F)(F)F)c1. The van der Waals surface area contributed by atoms with E-state index in [2.05, 4.69) is 10.3 Å². The van der Waals surface area contributed by atoms with Crippen LogP contribution in [0.2, 0.25) is 0 Å². The summed E-state index contributed by atoms with van der Waals surface area (Å²) >= 11 is 1.02. The van der Waals surface area contributed by atoms with Gasteiger partial charge in [-0.1, -0.05) is 54.2 Å². The largest absolute Gasteiger partial charge is 0.416 e. The van der Waals surface area contributed by atoms with Crippen LogP contribution in [0.4, 0.5) is 18.9 Å². The van der Waals surface area contributed by atoms with Gasteiger partial charge in [0.1, 0.15) is 11.0 Å². The molecule has 0 aliphatic heterocycles. The Bertz CT molecular complexity index is 1610. The van der Waals surface area contributed by atoms with Crippen LogP contribution in [0.3, 0.4) is 0 Å². The number of H-pyrrole nitrogens is 1. The molecule has 0 saturated carbocycles. The molecule has 35 heavy (non-hydrogen) atoms. The van der Waals surface area contributed by atoms with E-state index in [1.165, 1.54) is 16.7 Å². The van der Waals surface area contributed by atoms with E-state index in [1.807, 2.05) is 30.3 Å². The summed E-state index contributed by atoms with van der Waals surface area (Å²) in [4.78, 5) is 33.8. The summed E-state index contributed by atoms with van der Waals surface area (Å²) in [6.45, 7) is 0. The molecule has 0 bridgehead atoms. The Morgan fingerprint density at radius 3 is 2.51 bits per heavy atom. The predicted octanol–water partition coefficient (Wildman–Crippen LogP) is 5.62. The van der Waals surface area contributed by atoms with Crippen molar-refractivity contribution >= 4 is 45.3 Å². The van der Waals surface area contributed by atoms with Gasteiger partial charge in [-0.05, 0) is 36.4 Å². The summed E-state index contributed by atoms with van der Waals surface area (Å²) in [6, 6.07) is 20.7. The fourth-order valence-corrected chi connectivity index (χ4v) is 4.55. The van der Waals surface area contributed by atoms with Gasteiger partial charge in [0.05, 0.1) is 17.0 Å². The summed E-state index contributed by atoms with van der Waals surface area (Å²) in [5, 5.41) is 3.54. The van der Waals surface area contributed by atoms with E-state index in [4.69, 9.17) is 4.98 Å². The lowest BCUT2D eigenvalue weighted by molar-refractivity contribution is -0.137. The monoisotopic (exact) mass is 494 g/mol. The molecular weight excluding hydrogens is 477 g/mol. The number of carbonyl (C=O) groups excluding carboxylic acids is 1. The van der Waals surface area contributed by atoms with Crippen LogP contribution in [0.25, 0.3) is 27.6 Å². The standard InChI is InChI=1S/C25H17F3N4O2S/c26-25(27,28)15-7-6-8-16(13-15)29-20(33)14-35-24-31-21-18-11-4-5-12-19(18)30-22(21)23(34)32(24)17-9-2-1-3-10-17/h1-13,30H,14H2,(H,29,33). The third-order valence-electron chi connectivity index (χ3n) is 5.31. The molecule has 6 nitrogen and oxygen atoms in total. The van der Waals surface area contributed by atoms with Crippen LogP contribution in [0, 0.1) is 0 Å². The third kappa shape index (κ3) is 4.52. The van der Waals surface area contributed by atoms with Crippen molar-refractivity contribution in [2.75, 3.05) is 11.1 Å². The van der Waals surface area contributed by atoms with E-state index < -0.39 is 17.6 Å². The van der Waals surface area contributed by atoms with Crippen LogP contribution in [0.5, 0.6) is 0 Å². The Kier molecular flexibility index (Phi) is 5.81. The van der Waals surface area contributed by atoms with Gasteiger partial charge >= 0.3 is 6.18 Å². The topological polar surface area (TPSA) is 79.8 Å². The van der Waals surface area contributed by atoms with Crippen LogP contribution in [-0.4, -0.2) is 26.2 Å². The fraction of sp³-hybridized carbons (Fsp3) is 0.0800. The van der Waals surface area contributed by atoms with Crippen LogP contribution in [-0.2, 0) is 11.0 Å². The van der Waals surface area contributed by atoms with Gasteiger partial charge in [-0.25, -0.2) is 4.98 Å². The van der Waals surface area contributed by atoms with E-state index in [0.717, 1.165) is 34.8 Å². The lowest BCUT2D eigenvalue weighted by Gasteiger charge is -2.12. The first kappa shape index (κ1) is 22.7. The Hall–Kier alpha value is -4.05. The second-order valence-corrected chi connectivity index (χ2v) is 8.62. The van der Waals surface area contributed by atoms with Gasteiger partial charge in [-0.15, -0.1) is 0 Å². The fourth-order valence-electron chi connectivity index (χ4n) is 3.74. The number of anilines is 1. The summed E-state index contributed by atoms with van der Waals surface area (Å²) in [6.07, 6.45) is -4.51. The Balaban J connectivity index is 1.49. The lowest BCUT2D eigenvalue weighted by atomic mass is 10.2. The normalized spacial score (nSPS) is 11.7. The molecule has 1 amide bonds. The first-order valence-corrected chi connectivity index (χ1v) is 11.5. The minimum Gasteiger partial charge on any atom is -0.349 e. The molecule has 2 N–H and O–H groups in total. The Morgan fingerprint density at radius 2 is 1.74 bits per heavy atom. The van der Waals surface area contributed by atoms with Crippen molar-refractivity contribution in [2.24, 2.45) is 0 Å². The number of aromatic amines is 1. The Labute approximate surface area is 200 Å². The molecule has 0 fully saturated rings. The number of hydrogen-bond acceptors (Lipinski definition) is 4. The van der Waals surface area contributed by atoms with Gasteiger partial charge in [0.25, 0.3) is 5.56 Å². The average molecular weight is 494 g/mol. The van der Waals surface area contributed by atoms with Crippen LogP contribution < -0.4 is 10.9 Å². The summed E-state index contributed by atoms with van der Waals surface area (Å²) in [7, 11) is 0. The minimum atomic E-state index is -4.51. The molecule has 10 heteroatoms. The van der Waals surface area contributed by atoms with Crippen molar-refractivity contribution < 1.29 is 18.0 Å². The number of nitrogens with one attached hydrogen (secondary N) is 2. The summed E-state index contributed by atoms with van der Waals surface area (Å²) in [5.41, 5.74) is 1.02. The smallest absolute Gasteiger partial charge is 0.349 e. The molecular formula is C25H17F3N4O2S. The lowest BCUT2D eigenvalue weighted by Crippen LogP contribution is -2.23. The first-order chi connectivity index (χ1) is 16.8. The zero-order chi connectivity index (χ0) is 24.6. The number of nitrogens with zero attached hydrogens (tertiary/aromatic N) is 2. The number of amides is 1. The summed E-state index contributed by atoms with van der Waals surface area (Å²) < 4.78 is 40.3. The van der Waals surface area contributed by atoms with Crippen molar-refractivity contribution in [1.29, 1.82) is 0 Å². The number of fused-ring (bicyclic) bond motifs is 3. The van der Waals surface area contributed by atoms with E-state index >= 15 is 0 Å². The van der Waals surface area contributed by atoms with E-state index in [1.54, 1.807) is 24.3 Å². The number of carbonyl (C=O) groups is 1. The van der Waals surface area contributed by atoms with Crippen molar-refractivity contribution in [3.8, 4) is 5.69 Å². The molecule has 176 valence electrons. The predicted molar refractivity (Wildman–Crippen MR) is 130 cm³/mol. The van der Waals surface area contributed by atoms with Gasteiger partial charge < -0.3 is 10.3 Å². The number of rotatable bonds is 5. The number of aromatic nitrogens is 3. The molecule has 3 aromatic carbocycles. The molecule has 5 rings (SSSR count). The minimum absolute atomic E-state index is 0.0333. The third-order valence-corrected chi connectivity index (χ3v) is 6.25. The van der Waals surface area contributed by atoms with Gasteiger partial charge in [0, 0.05) is 16.6 Å². The highest BCUT2D eigenvalue weighted by atomic mass is 32.2. The van der Waals surface area contributed by atoms with Crippen molar-refractivity contribution in [1.82, 2.24) is 14.5 Å². The zero-order valence-electron chi connectivity index (χ0n) is 18.0. The maximum atomic E-state index is 13.5. The van der Waals surface area contributed by atoms with Gasteiger partial charge in [0.2, 0.25) is 5.91 Å². The maximum absolute atomic E-state index is 13.5. The molecule has 2 aromatic heterocycles. The molecule has 0 radical (unpaired) electrons. The molecule has 0 unspecified atom stereocenters. The second kappa shape index (κ2) is 8.95. The van der Waals surface area contributed by atoms with E-state index in [0.29, 0.717) is 16.7 Å². The summed E-state index contributed by atoms with van der Waals surface area (Å²) in [5.74, 6) is -0.689. The van der Waals surface area contributed by atoms with Crippen molar-refractivity contribution in [3.05, 3.63) is 94.8 Å². The van der Waals surface area contributed by atoms with E-state index in [-0.39, 0.29) is 22.2 Å². The van der Waals surface area contributed by atoms with Gasteiger partial charge in [-0.2, -0.15) is 13.2 Å². The van der Waals surface area contributed by atoms with Crippen LogP contribution in [0.15, 0.2) is 88.8 Å².